The van der Waals surface area contributed by atoms with Gasteiger partial charge in [0.05, 0.1) is 18.8 Å². The lowest BCUT2D eigenvalue weighted by molar-refractivity contribution is -0.137. The summed E-state index contributed by atoms with van der Waals surface area (Å²) >= 11 is 0. The second-order valence-corrected chi connectivity index (χ2v) is 5.18. The van der Waals surface area contributed by atoms with Crippen molar-refractivity contribution in [2.24, 2.45) is 0 Å². The highest BCUT2D eigenvalue weighted by Crippen LogP contribution is 2.29. The number of aliphatic carboxylic acids is 1. The predicted octanol–water partition coefficient (Wildman–Crippen LogP) is 1.20. The van der Waals surface area contributed by atoms with Gasteiger partial charge in [-0.2, -0.15) is 0 Å². The van der Waals surface area contributed by atoms with Crippen LogP contribution < -0.4 is 5.32 Å². The van der Waals surface area contributed by atoms with Crippen LogP contribution in [0.5, 0.6) is 0 Å². The highest BCUT2D eigenvalue weighted by Gasteiger charge is 2.38. The molecule has 2 fully saturated rings. The van der Waals surface area contributed by atoms with Crippen LogP contribution >= 0.6 is 0 Å². The molecule has 2 rings (SSSR count). The number of nitrogens with one attached hydrogen (secondary N) is 1. The Morgan fingerprint density at radius 3 is 2.95 bits per heavy atom. The van der Waals surface area contributed by atoms with E-state index in [2.05, 4.69) is 5.32 Å². The molecule has 0 bridgehead atoms. The summed E-state index contributed by atoms with van der Waals surface area (Å²) in [6.07, 6.45) is 4.88. The third kappa shape index (κ3) is 3.83. The lowest BCUT2D eigenvalue weighted by atomic mass is 10.1. The first-order valence-corrected chi connectivity index (χ1v) is 7.06. The number of rotatable bonds is 5. The number of ether oxygens (including phenoxy) is 1. The van der Waals surface area contributed by atoms with Gasteiger partial charge in [0.15, 0.2) is 0 Å². The van der Waals surface area contributed by atoms with Crippen LogP contribution in [0.15, 0.2) is 0 Å². The summed E-state index contributed by atoms with van der Waals surface area (Å²) in [5, 5.41) is 11.4. The van der Waals surface area contributed by atoms with Crippen molar-refractivity contribution >= 4 is 12.0 Å². The van der Waals surface area contributed by atoms with E-state index < -0.39 is 5.97 Å². The average Bonchev–Trinajstić information content (AvgIpc) is 2.85. The number of carbonyl (C=O) groups is 2. The van der Waals surface area contributed by atoms with E-state index in [1.165, 1.54) is 0 Å². The van der Waals surface area contributed by atoms with Gasteiger partial charge in [0.1, 0.15) is 0 Å². The van der Waals surface area contributed by atoms with Crippen LogP contribution in [0.2, 0.25) is 0 Å². The molecule has 1 aliphatic heterocycles. The monoisotopic (exact) mass is 270 g/mol. The zero-order valence-corrected chi connectivity index (χ0v) is 11.1. The Bertz CT molecular complexity index is 335. The van der Waals surface area contributed by atoms with Gasteiger partial charge in [0, 0.05) is 19.5 Å². The summed E-state index contributed by atoms with van der Waals surface area (Å²) in [6, 6.07) is 0.197. The maximum absolute atomic E-state index is 12.1. The minimum atomic E-state index is -0.784. The summed E-state index contributed by atoms with van der Waals surface area (Å²) in [4.78, 5) is 24.3. The van der Waals surface area contributed by atoms with Gasteiger partial charge in [-0.3, -0.25) is 4.79 Å². The third-order valence-corrected chi connectivity index (χ3v) is 3.84. The SMILES string of the molecule is O=C(O)CCCCNC(=O)N1CCOC2CCCC21. The molecule has 1 saturated heterocycles. The number of fused-ring (bicyclic) bond motifs is 1. The molecule has 2 aliphatic rings. The van der Waals surface area contributed by atoms with Crippen LogP contribution in [0.4, 0.5) is 4.79 Å². The van der Waals surface area contributed by atoms with Crippen molar-refractivity contribution in [3.63, 3.8) is 0 Å². The van der Waals surface area contributed by atoms with Crippen molar-refractivity contribution in [3.8, 4) is 0 Å². The molecule has 0 radical (unpaired) electrons. The van der Waals surface area contributed by atoms with E-state index in [0.717, 1.165) is 19.3 Å². The van der Waals surface area contributed by atoms with Gasteiger partial charge in [0.2, 0.25) is 0 Å². The maximum atomic E-state index is 12.1. The topological polar surface area (TPSA) is 78.9 Å². The summed E-state index contributed by atoms with van der Waals surface area (Å²) in [6.45, 7) is 1.82. The number of morpholine rings is 1. The van der Waals surface area contributed by atoms with Gasteiger partial charge in [-0.1, -0.05) is 0 Å². The number of carbonyl (C=O) groups excluding carboxylic acids is 1. The molecule has 2 N–H and O–H groups in total. The number of unbranched alkanes of at least 4 members (excludes halogenated alkanes) is 1. The van der Waals surface area contributed by atoms with Crippen LogP contribution in [-0.2, 0) is 9.53 Å². The molecule has 2 amide bonds. The molecule has 2 unspecified atom stereocenters. The van der Waals surface area contributed by atoms with Crippen LogP contribution in [0.25, 0.3) is 0 Å². The van der Waals surface area contributed by atoms with Gasteiger partial charge >= 0.3 is 12.0 Å². The molecule has 19 heavy (non-hydrogen) atoms. The van der Waals surface area contributed by atoms with Crippen molar-refractivity contribution in [2.75, 3.05) is 19.7 Å². The van der Waals surface area contributed by atoms with E-state index in [-0.39, 0.29) is 24.6 Å². The fourth-order valence-electron chi connectivity index (χ4n) is 2.88. The molecule has 1 aliphatic carbocycles. The van der Waals surface area contributed by atoms with Crippen LogP contribution in [-0.4, -0.2) is 53.8 Å². The number of hydrogen-bond donors (Lipinski definition) is 2. The number of carboxylic acids is 1. The predicted molar refractivity (Wildman–Crippen MR) is 69.0 cm³/mol. The Morgan fingerprint density at radius 1 is 1.32 bits per heavy atom. The Kier molecular flexibility index (Phi) is 5.01. The first-order valence-electron chi connectivity index (χ1n) is 7.06. The number of carboxylic acid groups (broad SMARTS) is 1. The van der Waals surface area contributed by atoms with Gasteiger partial charge in [-0.15, -0.1) is 0 Å². The van der Waals surface area contributed by atoms with Crippen LogP contribution in [0.1, 0.15) is 38.5 Å². The summed E-state index contributed by atoms with van der Waals surface area (Å²) in [5.74, 6) is -0.784. The maximum Gasteiger partial charge on any atom is 0.317 e. The fraction of sp³-hybridized carbons (Fsp3) is 0.846. The van der Waals surface area contributed by atoms with Crippen molar-refractivity contribution in [2.45, 2.75) is 50.7 Å². The molecular weight excluding hydrogens is 248 g/mol. The molecule has 0 aromatic carbocycles. The summed E-state index contributed by atoms with van der Waals surface area (Å²) in [5.41, 5.74) is 0. The quantitative estimate of drug-likeness (QED) is 0.736. The lowest BCUT2D eigenvalue weighted by Crippen LogP contribution is -2.54. The highest BCUT2D eigenvalue weighted by molar-refractivity contribution is 5.74. The largest absolute Gasteiger partial charge is 0.481 e. The number of hydrogen-bond acceptors (Lipinski definition) is 3. The van der Waals surface area contributed by atoms with E-state index in [1.807, 2.05) is 4.90 Å². The van der Waals surface area contributed by atoms with E-state index in [9.17, 15) is 9.59 Å². The van der Waals surface area contributed by atoms with E-state index in [4.69, 9.17) is 9.84 Å². The second-order valence-electron chi connectivity index (χ2n) is 5.18. The highest BCUT2D eigenvalue weighted by atomic mass is 16.5. The normalized spacial score (nSPS) is 26.0. The van der Waals surface area contributed by atoms with Gasteiger partial charge in [-0.25, -0.2) is 4.79 Å². The first kappa shape index (κ1) is 14.1. The van der Waals surface area contributed by atoms with Crippen molar-refractivity contribution < 1.29 is 19.4 Å². The van der Waals surface area contributed by atoms with Gasteiger partial charge in [-0.05, 0) is 32.1 Å². The Labute approximate surface area is 113 Å². The number of amides is 2. The standard InChI is InChI=1S/C13H22N2O4/c16-12(17)6-1-2-7-14-13(18)15-8-9-19-11-5-3-4-10(11)15/h10-11H,1-9H2,(H,14,18)(H,16,17). The Hall–Kier alpha value is -1.30. The summed E-state index contributed by atoms with van der Waals surface area (Å²) < 4.78 is 5.66. The summed E-state index contributed by atoms with van der Waals surface area (Å²) in [7, 11) is 0. The van der Waals surface area contributed by atoms with E-state index in [0.29, 0.717) is 32.5 Å². The lowest BCUT2D eigenvalue weighted by Gasteiger charge is -2.37. The van der Waals surface area contributed by atoms with Crippen LogP contribution in [0.3, 0.4) is 0 Å². The van der Waals surface area contributed by atoms with Crippen molar-refractivity contribution in [1.82, 2.24) is 10.2 Å². The van der Waals surface area contributed by atoms with Crippen molar-refractivity contribution in [1.29, 1.82) is 0 Å². The van der Waals surface area contributed by atoms with Crippen LogP contribution in [0, 0.1) is 0 Å². The number of urea groups is 1. The fourth-order valence-corrected chi connectivity index (χ4v) is 2.88. The molecule has 0 aromatic heterocycles. The van der Waals surface area contributed by atoms with Gasteiger partial charge < -0.3 is 20.1 Å². The smallest absolute Gasteiger partial charge is 0.317 e. The third-order valence-electron chi connectivity index (χ3n) is 3.84. The Morgan fingerprint density at radius 2 is 2.16 bits per heavy atom. The molecule has 6 nitrogen and oxygen atoms in total. The minimum Gasteiger partial charge on any atom is -0.481 e. The van der Waals surface area contributed by atoms with Crippen molar-refractivity contribution in [3.05, 3.63) is 0 Å². The number of nitrogens with zero attached hydrogens (tertiary/aromatic N) is 1. The molecule has 1 heterocycles. The zero-order valence-electron chi connectivity index (χ0n) is 11.1. The molecular formula is C13H22N2O4. The van der Waals surface area contributed by atoms with E-state index in [1.54, 1.807) is 0 Å². The minimum absolute atomic E-state index is 0.0319. The molecule has 2 atom stereocenters. The average molecular weight is 270 g/mol. The molecule has 0 spiro atoms. The molecule has 0 aromatic rings. The molecule has 1 saturated carbocycles. The zero-order chi connectivity index (χ0) is 13.7. The van der Waals surface area contributed by atoms with Gasteiger partial charge in [0.25, 0.3) is 0 Å². The van der Waals surface area contributed by atoms with E-state index >= 15 is 0 Å². The first-order chi connectivity index (χ1) is 9.18. The Balaban J connectivity index is 1.69. The second kappa shape index (κ2) is 6.75. The molecule has 6 heteroatoms. The molecule has 108 valence electrons.